The first-order chi connectivity index (χ1) is 8.52. The van der Waals surface area contributed by atoms with Crippen LogP contribution in [0.4, 0.5) is 0 Å². The maximum Gasteiger partial charge on any atom is 0.242 e. The molecule has 0 aliphatic heterocycles. The van der Waals surface area contributed by atoms with Crippen molar-refractivity contribution in [2.45, 2.75) is 0 Å². The Morgan fingerprint density at radius 2 is 1.39 bits per heavy atom. The molecular formula is C7H4N6O5. The predicted molar refractivity (Wildman–Crippen MR) is 52.7 cm³/mol. The highest BCUT2D eigenvalue weighted by Crippen LogP contribution is 2.08. The van der Waals surface area contributed by atoms with Crippen molar-refractivity contribution in [2.75, 3.05) is 0 Å². The quantitative estimate of drug-likeness (QED) is 0.401. The SMILES string of the molecule is O=C(c1ccnn1[N+](=O)[O-])c1ccnn1[N+](=O)[O-]. The Hall–Kier alpha value is -3.11. The number of nitro groups is 2. The fraction of sp³-hybridized carbons (Fsp3) is 0. The fourth-order valence-electron chi connectivity index (χ4n) is 1.32. The number of nitrogens with zero attached hydrogens (tertiary/aromatic N) is 6. The number of hydrogen-bond donors (Lipinski definition) is 0. The summed E-state index contributed by atoms with van der Waals surface area (Å²) in [5.74, 6) is -0.918. The number of hydrogen-bond acceptors (Lipinski definition) is 7. The first-order valence-electron chi connectivity index (χ1n) is 4.44. The predicted octanol–water partition coefficient (Wildman–Crippen LogP) is -0.610. The molecule has 2 aromatic heterocycles. The van der Waals surface area contributed by atoms with Gasteiger partial charge in [0.2, 0.25) is 5.78 Å². The van der Waals surface area contributed by atoms with Crippen molar-refractivity contribution >= 4 is 5.78 Å². The molecule has 11 heteroatoms. The molecule has 0 amide bonds. The van der Waals surface area contributed by atoms with Gasteiger partial charge in [-0.15, -0.1) is 0 Å². The Kier molecular flexibility index (Phi) is 2.56. The smallest absolute Gasteiger partial charge is 0.242 e. The van der Waals surface area contributed by atoms with Gasteiger partial charge < -0.3 is 20.2 Å². The zero-order chi connectivity index (χ0) is 13.3. The number of carbonyl (C=O) groups excluding carboxylic acids is 1. The minimum Gasteiger partial charge on any atom is -0.339 e. The molecule has 0 saturated carbocycles. The summed E-state index contributed by atoms with van der Waals surface area (Å²) < 4.78 is 0. The molecule has 0 aromatic carbocycles. The molecule has 0 aliphatic rings. The topological polar surface area (TPSA) is 139 Å². The summed E-state index contributed by atoms with van der Waals surface area (Å²) in [5.41, 5.74) is -0.799. The van der Waals surface area contributed by atoms with Crippen molar-refractivity contribution in [3.63, 3.8) is 0 Å². The van der Waals surface area contributed by atoms with E-state index in [1.54, 1.807) is 0 Å². The maximum absolute atomic E-state index is 11.9. The maximum atomic E-state index is 11.9. The highest BCUT2D eigenvalue weighted by Gasteiger charge is 2.27. The molecule has 18 heavy (non-hydrogen) atoms. The lowest BCUT2D eigenvalue weighted by Crippen LogP contribution is -2.22. The van der Waals surface area contributed by atoms with Crippen LogP contribution in [0.5, 0.6) is 0 Å². The lowest BCUT2D eigenvalue weighted by molar-refractivity contribution is -0.554. The van der Waals surface area contributed by atoms with E-state index < -0.39 is 27.2 Å². The fourth-order valence-corrected chi connectivity index (χ4v) is 1.32. The molecular weight excluding hydrogens is 248 g/mol. The normalized spacial score (nSPS) is 10.2. The first-order valence-corrected chi connectivity index (χ1v) is 4.44. The van der Waals surface area contributed by atoms with Gasteiger partial charge in [0, 0.05) is 31.9 Å². The third kappa shape index (κ3) is 1.68. The van der Waals surface area contributed by atoms with Crippen LogP contribution in [0.3, 0.4) is 0 Å². The number of carbonyl (C=O) groups is 1. The lowest BCUT2D eigenvalue weighted by Gasteiger charge is -1.99. The monoisotopic (exact) mass is 252 g/mol. The van der Waals surface area contributed by atoms with Crippen molar-refractivity contribution in [3.05, 3.63) is 56.1 Å². The summed E-state index contributed by atoms with van der Waals surface area (Å²) in [6.45, 7) is 0. The number of aromatic nitrogens is 4. The minimum atomic E-state index is -0.918. The standard InChI is InChI=1S/C7H4N6O5/c14-7(5-1-3-8-10(5)12(15)16)6-2-4-9-11(6)13(17)18/h1-4H. The Balaban J connectivity index is 2.48. The van der Waals surface area contributed by atoms with Crippen LogP contribution in [-0.4, -0.2) is 35.6 Å². The van der Waals surface area contributed by atoms with E-state index in [0.29, 0.717) is 0 Å². The molecule has 0 N–H and O–H groups in total. The molecule has 0 bridgehead atoms. The molecule has 0 aliphatic carbocycles. The van der Waals surface area contributed by atoms with Gasteiger partial charge in [-0.2, -0.15) is 0 Å². The Labute approximate surface area is 97.5 Å². The average molecular weight is 252 g/mol. The zero-order valence-electron chi connectivity index (χ0n) is 8.53. The van der Waals surface area contributed by atoms with Crippen molar-refractivity contribution in [2.24, 2.45) is 0 Å². The van der Waals surface area contributed by atoms with Crippen molar-refractivity contribution in [3.8, 4) is 0 Å². The molecule has 11 nitrogen and oxygen atoms in total. The van der Waals surface area contributed by atoms with Crippen molar-refractivity contribution in [1.29, 1.82) is 0 Å². The second-order valence-corrected chi connectivity index (χ2v) is 3.02. The van der Waals surface area contributed by atoms with E-state index in [1.807, 2.05) is 0 Å². The second-order valence-electron chi connectivity index (χ2n) is 3.02. The zero-order valence-corrected chi connectivity index (χ0v) is 8.53. The molecule has 2 heterocycles. The van der Waals surface area contributed by atoms with Crippen LogP contribution < -0.4 is 0 Å². The summed E-state index contributed by atoms with van der Waals surface area (Å²) in [5, 5.41) is 26.0. The van der Waals surface area contributed by atoms with E-state index in [2.05, 4.69) is 10.2 Å². The molecule has 2 rings (SSSR count). The summed E-state index contributed by atoms with van der Waals surface area (Å²) >= 11 is 0. The van der Waals surface area contributed by atoms with E-state index in [9.17, 15) is 25.0 Å². The van der Waals surface area contributed by atoms with Gasteiger partial charge in [-0.25, -0.2) is 0 Å². The number of ketones is 1. The second kappa shape index (κ2) is 4.04. The average Bonchev–Trinajstić information content (AvgIpc) is 2.97. The van der Waals surface area contributed by atoms with Gasteiger partial charge in [-0.05, 0) is 0 Å². The molecule has 0 unspecified atom stereocenters. The van der Waals surface area contributed by atoms with Gasteiger partial charge in [0.15, 0.2) is 23.8 Å². The summed E-state index contributed by atoms with van der Waals surface area (Å²) in [4.78, 5) is 33.5. The Bertz CT molecular complexity index is 588. The van der Waals surface area contributed by atoms with Crippen LogP contribution in [0.15, 0.2) is 24.5 Å². The van der Waals surface area contributed by atoms with Crippen LogP contribution in [-0.2, 0) is 0 Å². The highest BCUT2D eigenvalue weighted by atomic mass is 16.7. The van der Waals surface area contributed by atoms with Gasteiger partial charge in [0.1, 0.15) is 0 Å². The molecule has 92 valence electrons. The van der Waals surface area contributed by atoms with Gasteiger partial charge in [-0.3, -0.25) is 4.79 Å². The Morgan fingerprint density at radius 1 is 1.00 bits per heavy atom. The van der Waals surface area contributed by atoms with E-state index in [4.69, 9.17) is 0 Å². The van der Waals surface area contributed by atoms with E-state index in [0.717, 1.165) is 24.5 Å². The summed E-state index contributed by atoms with van der Waals surface area (Å²) in [6, 6.07) is 2.17. The van der Waals surface area contributed by atoms with Crippen LogP contribution >= 0.6 is 0 Å². The van der Waals surface area contributed by atoms with E-state index >= 15 is 0 Å². The third-order valence-corrected chi connectivity index (χ3v) is 2.02. The van der Waals surface area contributed by atoms with Crippen molar-refractivity contribution < 1.29 is 14.9 Å². The minimum absolute atomic E-state index is 0.236. The summed E-state index contributed by atoms with van der Waals surface area (Å²) in [6.07, 6.45) is 2.09. The van der Waals surface area contributed by atoms with E-state index in [-0.39, 0.29) is 9.58 Å². The molecule has 0 fully saturated rings. The number of rotatable bonds is 4. The molecule has 0 saturated heterocycles. The van der Waals surface area contributed by atoms with Crippen molar-refractivity contribution in [1.82, 2.24) is 19.8 Å². The first kappa shape index (κ1) is 11.4. The van der Waals surface area contributed by atoms with Crippen LogP contribution in [0.1, 0.15) is 16.2 Å². The third-order valence-electron chi connectivity index (χ3n) is 2.02. The van der Waals surface area contributed by atoms with Crippen LogP contribution in [0, 0.1) is 20.2 Å². The molecule has 0 radical (unpaired) electrons. The van der Waals surface area contributed by atoms with E-state index in [1.165, 1.54) is 0 Å². The van der Waals surface area contributed by atoms with Crippen LogP contribution in [0.2, 0.25) is 0 Å². The van der Waals surface area contributed by atoms with Gasteiger partial charge in [0.05, 0.1) is 10.1 Å². The summed E-state index contributed by atoms with van der Waals surface area (Å²) in [7, 11) is 0. The Morgan fingerprint density at radius 3 is 1.72 bits per heavy atom. The molecule has 0 spiro atoms. The van der Waals surface area contributed by atoms with Gasteiger partial charge >= 0.3 is 0 Å². The molecule has 0 atom stereocenters. The van der Waals surface area contributed by atoms with Crippen LogP contribution in [0.25, 0.3) is 0 Å². The molecule has 2 aromatic rings. The lowest BCUT2D eigenvalue weighted by atomic mass is 10.2. The van der Waals surface area contributed by atoms with Gasteiger partial charge in [-0.1, -0.05) is 0 Å². The largest absolute Gasteiger partial charge is 0.339 e. The highest BCUT2D eigenvalue weighted by molar-refractivity contribution is 6.06. The van der Waals surface area contributed by atoms with Gasteiger partial charge in [0.25, 0.3) is 0 Å².